The number of para-hydroxylation sites is 2. The maximum Gasteiger partial charge on any atom is 0.360 e. The molecule has 2 aromatic carbocycles. The van der Waals surface area contributed by atoms with Gasteiger partial charge in [0, 0.05) is 6.42 Å². The molecule has 0 radical (unpaired) electrons. The number of aliphatic carboxylic acids is 2. The first-order chi connectivity index (χ1) is 11.0. The van der Waals surface area contributed by atoms with E-state index < -0.39 is 17.5 Å². The monoisotopic (exact) mass is 316 g/mol. The van der Waals surface area contributed by atoms with E-state index in [0.29, 0.717) is 5.75 Å². The average molecular weight is 316 g/mol. The smallest absolute Gasteiger partial charge is 0.360 e. The Balaban J connectivity index is 2.13. The average Bonchev–Trinajstić information content (AvgIpc) is 2.55. The van der Waals surface area contributed by atoms with Gasteiger partial charge in [0.2, 0.25) is 0 Å². The first kappa shape index (κ1) is 16.4. The van der Waals surface area contributed by atoms with Crippen molar-refractivity contribution in [1.82, 2.24) is 0 Å². The molecule has 0 saturated heterocycles. The molecule has 0 aromatic heterocycles. The summed E-state index contributed by atoms with van der Waals surface area (Å²) >= 11 is 0. The third-order valence-corrected chi connectivity index (χ3v) is 3.19. The lowest BCUT2D eigenvalue weighted by Gasteiger charge is -2.26. The van der Waals surface area contributed by atoms with E-state index >= 15 is 0 Å². The van der Waals surface area contributed by atoms with Gasteiger partial charge in [-0.15, -0.1) is 0 Å². The van der Waals surface area contributed by atoms with Gasteiger partial charge in [-0.05, 0) is 24.3 Å². The fourth-order valence-corrected chi connectivity index (χ4v) is 1.96. The number of carboxylic acids is 2. The third kappa shape index (κ3) is 4.00. The summed E-state index contributed by atoms with van der Waals surface area (Å²) in [6, 6.07) is 16.7. The lowest BCUT2D eigenvalue weighted by Crippen LogP contribution is -2.52. The molecular weight excluding hydrogens is 300 g/mol. The lowest BCUT2D eigenvalue weighted by molar-refractivity contribution is -0.173. The quantitative estimate of drug-likeness (QED) is 0.727. The zero-order valence-electron chi connectivity index (χ0n) is 12.2. The van der Waals surface area contributed by atoms with Crippen LogP contribution in [0.1, 0.15) is 6.42 Å². The van der Waals surface area contributed by atoms with E-state index in [2.05, 4.69) is 0 Å². The van der Waals surface area contributed by atoms with E-state index in [1.54, 1.807) is 42.5 Å². The van der Waals surface area contributed by atoms with Crippen LogP contribution >= 0.6 is 0 Å². The van der Waals surface area contributed by atoms with E-state index in [1.807, 2.05) is 6.07 Å². The number of carboxylic acid groups (broad SMARTS) is 2. The Morgan fingerprint density at radius 2 is 1.30 bits per heavy atom. The van der Waals surface area contributed by atoms with E-state index in [0.717, 1.165) is 0 Å². The Morgan fingerprint density at radius 1 is 0.826 bits per heavy atom. The van der Waals surface area contributed by atoms with Crippen molar-refractivity contribution in [2.45, 2.75) is 12.0 Å². The van der Waals surface area contributed by atoms with Gasteiger partial charge in [-0.1, -0.05) is 36.4 Å². The Hall–Kier alpha value is -3.02. The van der Waals surface area contributed by atoms with Crippen LogP contribution in [-0.2, 0) is 9.59 Å². The predicted octanol–water partition coefficient (Wildman–Crippen LogP) is 2.44. The third-order valence-electron chi connectivity index (χ3n) is 3.19. The summed E-state index contributed by atoms with van der Waals surface area (Å²) in [6.45, 7) is -0.116. The molecule has 2 N–H and O–H groups in total. The van der Waals surface area contributed by atoms with Crippen molar-refractivity contribution in [2.24, 2.45) is 0 Å². The second-order valence-electron chi connectivity index (χ2n) is 4.76. The summed E-state index contributed by atoms with van der Waals surface area (Å²) in [5, 5.41) is 18.8. The minimum atomic E-state index is -2.41. The fraction of sp³-hybridized carbons (Fsp3) is 0.176. The number of carbonyl (C=O) groups is 2. The molecular formula is C17H16O6. The summed E-state index contributed by atoms with van der Waals surface area (Å²) in [5.74, 6) is -2.47. The SMILES string of the molecule is O=C(O)C(CCOc1ccccc1)(Oc1ccccc1)C(=O)O. The van der Waals surface area contributed by atoms with Gasteiger partial charge < -0.3 is 19.7 Å². The van der Waals surface area contributed by atoms with Crippen molar-refractivity contribution >= 4 is 11.9 Å². The number of hydrogen-bond donors (Lipinski definition) is 2. The molecule has 2 rings (SSSR count). The molecule has 0 bridgehead atoms. The number of ether oxygens (including phenoxy) is 2. The second-order valence-corrected chi connectivity index (χ2v) is 4.76. The van der Waals surface area contributed by atoms with Crippen molar-refractivity contribution in [2.75, 3.05) is 6.61 Å². The highest BCUT2D eigenvalue weighted by molar-refractivity contribution is 6.02. The van der Waals surface area contributed by atoms with Crippen molar-refractivity contribution in [3.05, 3.63) is 60.7 Å². The number of benzene rings is 2. The van der Waals surface area contributed by atoms with Crippen molar-refractivity contribution < 1.29 is 29.3 Å². The molecule has 6 nitrogen and oxygen atoms in total. The fourth-order valence-electron chi connectivity index (χ4n) is 1.96. The van der Waals surface area contributed by atoms with Crippen LogP contribution < -0.4 is 9.47 Å². The minimum Gasteiger partial charge on any atom is -0.493 e. The van der Waals surface area contributed by atoms with E-state index in [-0.39, 0.29) is 18.8 Å². The highest BCUT2D eigenvalue weighted by Crippen LogP contribution is 2.23. The maximum atomic E-state index is 11.5. The highest BCUT2D eigenvalue weighted by atomic mass is 16.6. The summed E-state index contributed by atoms with van der Waals surface area (Å²) in [7, 11) is 0. The topological polar surface area (TPSA) is 93.1 Å². The summed E-state index contributed by atoms with van der Waals surface area (Å²) in [6.07, 6.45) is -0.346. The molecule has 0 saturated carbocycles. The number of hydrogen-bond acceptors (Lipinski definition) is 4. The van der Waals surface area contributed by atoms with Crippen LogP contribution in [0.4, 0.5) is 0 Å². The van der Waals surface area contributed by atoms with Gasteiger partial charge in [-0.2, -0.15) is 0 Å². The summed E-state index contributed by atoms with van der Waals surface area (Å²) in [5.41, 5.74) is -2.41. The van der Waals surface area contributed by atoms with Gasteiger partial charge in [-0.3, -0.25) is 0 Å². The van der Waals surface area contributed by atoms with Crippen molar-refractivity contribution in [1.29, 1.82) is 0 Å². The molecule has 0 aliphatic carbocycles. The molecule has 23 heavy (non-hydrogen) atoms. The molecule has 120 valence electrons. The summed E-state index contributed by atoms with van der Waals surface area (Å²) in [4.78, 5) is 23.1. The van der Waals surface area contributed by atoms with E-state index in [9.17, 15) is 19.8 Å². The molecule has 0 amide bonds. The molecule has 0 fully saturated rings. The van der Waals surface area contributed by atoms with Gasteiger partial charge in [0.1, 0.15) is 11.5 Å². The van der Waals surface area contributed by atoms with Crippen molar-refractivity contribution in [3.8, 4) is 11.5 Å². The van der Waals surface area contributed by atoms with Gasteiger partial charge in [0.15, 0.2) is 0 Å². The Bertz CT molecular complexity index is 639. The van der Waals surface area contributed by atoms with Crippen LogP contribution in [-0.4, -0.2) is 34.4 Å². The molecule has 0 heterocycles. The van der Waals surface area contributed by atoms with Crippen LogP contribution in [0.25, 0.3) is 0 Å². The normalized spacial score (nSPS) is 10.8. The van der Waals surface area contributed by atoms with Crippen LogP contribution in [0, 0.1) is 0 Å². The highest BCUT2D eigenvalue weighted by Gasteiger charge is 2.49. The van der Waals surface area contributed by atoms with Gasteiger partial charge in [-0.25, -0.2) is 9.59 Å². The molecule has 2 aromatic rings. The minimum absolute atomic E-state index is 0.116. The molecule has 0 atom stereocenters. The standard InChI is InChI=1S/C17H16O6/c18-15(19)17(16(20)21,23-14-9-5-2-6-10-14)11-12-22-13-7-3-1-4-8-13/h1-10H,11-12H2,(H,18,19)(H,20,21). The Morgan fingerprint density at radius 3 is 1.78 bits per heavy atom. The van der Waals surface area contributed by atoms with E-state index in [1.165, 1.54) is 12.1 Å². The lowest BCUT2D eigenvalue weighted by atomic mass is 10.00. The van der Waals surface area contributed by atoms with Gasteiger partial charge >= 0.3 is 17.5 Å². The zero-order valence-corrected chi connectivity index (χ0v) is 12.2. The van der Waals surface area contributed by atoms with E-state index in [4.69, 9.17) is 9.47 Å². The summed E-state index contributed by atoms with van der Waals surface area (Å²) < 4.78 is 10.7. The first-order valence-corrected chi connectivity index (χ1v) is 6.93. The second kappa shape index (κ2) is 7.31. The van der Waals surface area contributed by atoms with Crippen molar-refractivity contribution in [3.63, 3.8) is 0 Å². The van der Waals surface area contributed by atoms with Crippen LogP contribution in [0.5, 0.6) is 11.5 Å². The van der Waals surface area contributed by atoms with Crippen LogP contribution in [0.2, 0.25) is 0 Å². The Labute approximate surface area is 132 Å². The molecule has 0 spiro atoms. The van der Waals surface area contributed by atoms with Crippen LogP contribution in [0.3, 0.4) is 0 Å². The Kier molecular flexibility index (Phi) is 5.19. The largest absolute Gasteiger partial charge is 0.493 e. The first-order valence-electron chi connectivity index (χ1n) is 6.93. The predicted molar refractivity (Wildman–Crippen MR) is 81.6 cm³/mol. The molecule has 0 unspecified atom stereocenters. The molecule has 0 aliphatic heterocycles. The van der Waals surface area contributed by atoms with Gasteiger partial charge in [0.25, 0.3) is 0 Å². The van der Waals surface area contributed by atoms with Gasteiger partial charge in [0.05, 0.1) is 6.61 Å². The molecule has 6 heteroatoms. The zero-order chi connectivity index (χ0) is 16.7. The maximum absolute atomic E-state index is 11.5. The number of rotatable bonds is 8. The molecule has 0 aliphatic rings. The van der Waals surface area contributed by atoms with Crippen LogP contribution in [0.15, 0.2) is 60.7 Å².